The van der Waals surface area contributed by atoms with Gasteiger partial charge in [0.15, 0.2) is 5.82 Å². The third-order valence-corrected chi connectivity index (χ3v) is 5.32. The molecule has 1 saturated carbocycles. The van der Waals surface area contributed by atoms with E-state index in [0.29, 0.717) is 24.0 Å². The lowest BCUT2D eigenvalue weighted by Gasteiger charge is -2.30. The van der Waals surface area contributed by atoms with Gasteiger partial charge in [0.2, 0.25) is 11.9 Å². The number of pyridine rings is 1. The van der Waals surface area contributed by atoms with Crippen LogP contribution in [0.15, 0.2) is 12.3 Å². The minimum Gasteiger partial charge on any atom is -0.387 e. The Morgan fingerprint density at radius 1 is 1.16 bits per heavy atom. The van der Waals surface area contributed by atoms with Crippen LogP contribution in [0.3, 0.4) is 0 Å². The number of rotatable bonds is 8. The quantitative estimate of drug-likeness (QED) is 0.505. The third kappa shape index (κ3) is 6.48. The van der Waals surface area contributed by atoms with E-state index in [9.17, 15) is 9.90 Å². The highest BCUT2D eigenvalue weighted by atomic mass is 16.3. The van der Waals surface area contributed by atoms with Gasteiger partial charge in [0.1, 0.15) is 5.52 Å². The number of anilines is 2. The van der Waals surface area contributed by atoms with Crippen molar-refractivity contribution in [2.75, 3.05) is 31.3 Å². The monoisotopic (exact) mass is 429 g/mol. The maximum atomic E-state index is 12.0. The van der Waals surface area contributed by atoms with Crippen LogP contribution < -0.4 is 16.0 Å². The van der Waals surface area contributed by atoms with E-state index in [1.54, 1.807) is 13.1 Å². The van der Waals surface area contributed by atoms with Crippen molar-refractivity contribution >= 4 is 28.6 Å². The molecule has 1 atom stereocenters. The molecular weight excluding hydrogens is 394 g/mol. The molecule has 0 spiro atoms. The van der Waals surface area contributed by atoms with Crippen molar-refractivity contribution in [2.45, 2.75) is 70.7 Å². The Morgan fingerprint density at radius 2 is 1.84 bits per heavy atom. The number of fused-ring (bicyclic) bond motifs is 1. The summed E-state index contributed by atoms with van der Waals surface area (Å²) in [7, 11) is 3.79. The van der Waals surface area contributed by atoms with Gasteiger partial charge in [0.05, 0.1) is 18.3 Å². The zero-order valence-electron chi connectivity index (χ0n) is 19.1. The number of aliphatic hydroxyl groups is 1. The number of nitrogens with zero attached hydrogens (tertiary/aromatic N) is 4. The zero-order chi connectivity index (χ0) is 22.5. The fourth-order valence-corrected chi connectivity index (χ4v) is 3.84. The molecule has 9 heteroatoms. The van der Waals surface area contributed by atoms with E-state index in [-0.39, 0.29) is 24.0 Å². The highest BCUT2D eigenvalue weighted by molar-refractivity contribution is 5.89. The second kappa shape index (κ2) is 10.2. The Bertz CT molecular complexity index is 893. The van der Waals surface area contributed by atoms with Crippen molar-refractivity contribution in [1.29, 1.82) is 0 Å². The fourth-order valence-electron chi connectivity index (χ4n) is 3.84. The molecule has 4 N–H and O–H groups in total. The molecule has 2 aromatic rings. The molecule has 170 valence electrons. The van der Waals surface area contributed by atoms with Gasteiger partial charge in [0, 0.05) is 29.7 Å². The predicted octanol–water partition coefficient (Wildman–Crippen LogP) is 2.30. The lowest BCUT2D eigenvalue weighted by Crippen LogP contribution is -2.43. The summed E-state index contributed by atoms with van der Waals surface area (Å²) in [5, 5.41) is 20.7. The molecule has 0 aromatic carbocycles. The second-order valence-corrected chi connectivity index (χ2v) is 9.00. The minimum atomic E-state index is -0.664. The molecule has 0 radical (unpaired) electrons. The molecule has 0 saturated heterocycles. The summed E-state index contributed by atoms with van der Waals surface area (Å²) in [4.78, 5) is 27.6. The smallest absolute Gasteiger partial charge is 0.234 e. The molecule has 3 rings (SSSR count). The van der Waals surface area contributed by atoms with Crippen molar-refractivity contribution < 1.29 is 9.90 Å². The van der Waals surface area contributed by atoms with Crippen LogP contribution in [-0.4, -0.2) is 69.6 Å². The maximum absolute atomic E-state index is 12.0. The number of carbonyl (C=O) groups excluding carboxylic acids is 1. The van der Waals surface area contributed by atoms with Crippen molar-refractivity contribution in [3.63, 3.8) is 0 Å². The van der Waals surface area contributed by atoms with Crippen molar-refractivity contribution in [1.82, 2.24) is 25.2 Å². The van der Waals surface area contributed by atoms with E-state index in [1.807, 2.05) is 38.9 Å². The molecule has 2 heterocycles. The number of amides is 1. The first-order chi connectivity index (χ1) is 14.7. The lowest BCUT2D eigenvalue weighted by atomic mass is 9.91. The van der Waals surface area contributed by atoms with Gasteiger partial charge in [0.25, 0.3) is 0 Å². The summed E-state index contributed by atoms with van der Waals surface area (Å²) in [6.07, 6.45) is 4.88. The van der Waals surface area contributed by atoms with Gasteiger partial charge in [-0.2, -0.15) is 0 Å². The molecule has 2 aromatic heterocycles. The zero-order valence-corrected chi connectivity index (χ0v) is 19.1. The van der Waals surface area contributed by atoms with E-state index >= 15 is 0 Å². The molecule has 1 aliphatic carbocycles. The van der Waals surface area contributed by atoms with Gasteiger partial charge in [-0.1, -0.05) is 0 Å². The molecule has 0 unspecified atom stereocenters. The van der Waals surface area contributed by atoms with Gasteiger partial charge < -0.3 is 26.0 Å². The average Bonchev–Trinajstić information content (AvgIpc) is 2.68. The molecule has 1 amide bonds. The van der Waals surface area contributed by atoms with E-state index in [1.165, 1.54) is 0 Å². The first-order valence-electron chi connectivity index (χ1n) is 11.0. The molecule has 9 nitrogen and oxygen atoms in total. The Hall–Kier alpha value is -2.52. The number of aromatic nitrogens is 3. The summed E-state index contributed by atoms with van der Waals surface area (Å²) in [6.45, 7) is 6.20. The molecular formula is C22H35N7O2. The SMILES string of the molecule is CC(C)Nc1nc([C@@H](C)O)cc2cnc(NC3CCC(NC(=O)CN(C)C)CC3)nc12. The molecule has 0 bridgehead atoms. The molecule has 1 aliphatic rings. The number of likely N-dealkylation sites (N-methyl/N-ethyl adjacent to an activating group) is 1. The Kier molecular flexibility index (Phi) is 7.61. The van der Waals surface area contributed by atoms with Crippen LogP contribution in [-0.2, 0) is 4.79 Å². The molecule has 0 aliphatic heterocycles. The number of carbonyl (C=O) groups is 1. The van der Waals surface area contributed by atoms with Crippen molar-refractivity contribution in [3.05, 3.63) is 18.0 Å². The first kappa shape index (κ1) is 23.1. The molecule has 1 fully saturated rings. The largest absolute Gasteiger partial charge is 0.387 e. The van der Waals surface area contributed by atoms with Gasteiger partial charge in [-0.25, -0.2) is 15.0 Å². The van der Waals surface area contributed by atoms with Gasteiger partial charge in [-0.05, 0) is 66.6 Å². The number of aliphatic hydroxyl groups excluding tert-OH is 1. The Morgan fingerprint density at radius 3 is 2.45 bits per heavy atom. The summed E-state index contributed by atoms with van der Waals surface area (Å²) in [5.74, 6) is 1.31. The number of hydrogen-bond acceptors (Lipinski definition) is 8. The van der Waals surface area contributed by atoms with Crippen molar-refractivity contribution in [2.24, 2.45) is 0 Å². The van der Waals surface area contributed by atoms with Crippen LogP contribution in [0, 0.1) is 0 Å². The highest BCUT2D eigenvalue weighted by Gasteiger charge is 2.23. The second-order valence-electron chi connectivity index (χ2n) is 9.00. The van der Waals surface area contributed by atoms with Gasteiger partial charge in [-0.15, -0.1) is 0 Å². The van der Waals surface area contributed by atoms with Crippen LogP contribution in [0.2, 0.25) is 0 Å². The third-order valence-electron chi connectivity index (χ3n) is 5.32. The minimum absolute atomic E-state index is 0.0773. The van der Waals surface area contributed by atoms with E-state index in [4.69, 9.17) is 4.98 Å². The van der Waals surface area contributed by atoms with Crippen LogP contribution >= 0.6 is 0 Å². The fraction of sp³-hybridized carbons (Fsp3) is 0.636. The first-order valence-corrected chi connectivity index (χ1v) is 11.0. The van der Waals surface area contributed by atoms with Crippen LogP contribution in [0.25, 0.3) is 10.9 Å². The highest BCUT2D eigenvalue weighted by Crippen LogP contribution is 2.26. The standard InChI is InChI=1S/C22H35N7O2/c1-13(2)24-21-20-15(10-18(27-21)14(3)30)11-23-22(28-20)26-17-8-6-16(7-9-17)25-19(31)12-29(4)5/h10-11,13-14,16-17,30H,6-9,12H2,1-5H3,(H,24,27)(H,25,31)(H,23,26,28)/t14-,16?,17?/m1/s1. The number of hydrogen-bond donors (Lipinski definition) is 4. The van der Waals surface area contributed by atoms with Crippen molar-refractivity contribution in [3.8, 4) is 0 Å². The van der Waals surface area contributed by atoms with E-state index in [0.717, 1.165) is 36.6 Å². The maximum Gasteiger partial charge on any atom is 0.234 e. The lowest BCUT2D eigenvalue weighted by molar-refractivity contribution is -0.122. The summed E-state index contributed by atoms with van der Waals surface area (Å²) in [6, 6.07) is 2.51. The molecule has 31 heavy (non-hydrogen) atoms. The topological polar surface area (TPSA) is 115 Å². The van der Waals surface area contributed by atoms with E-state index in [2.05, 4.69) is 25.9 Å². The van der Waals surface area contributed by atoms with E-state index < -0.39 is 6.10 Å². The Balaban J connectivity index is 1.67. The normalized spacial score (nSPS) is 20.1. The summed E-state index contributed by atoms with van der Waals surface area (Å²) < 4.78 is 0. The van der Waals surface area contributed by atoms with Gasteiger partial charge >= 0.3 is 0 Å². The van der Waals surface area contributed by atoms with Crippen LogP contribution in [0.1, 0.15) is 58.3 Å². The van der Waals surface area contributed by atoms with Crippen LogP contribution in [0.5, 0.6) is 0 Å². The summed E-state index contributed by atoms with van der Waals surface area (Å²) in [5.41, 5.74) is 1.33. The number of nitrogens with one attached hydrogen (secondary N) is 3. The Labute approximate surface area is 184 Å². The van der Waals surface area contributed by atoms with Gasteiger partial charge in [-0.3, -0.25) is 4.79 Å². The summed E-state index contributed by atoms with van der Waals surface area (Å²) >= 11 is 0. The predicted molar refractivity (Wildman–Crippen MR) is 123 cm³/mol. The van der Waals surface area contributed by atoms with Crippen LogP contribution in [0.4, 0.5) is 11.8 Å². The average molecular weight is 430 g/mol.